The third-order valence-corrected chi connectivity index (χ3v) is 4.63. The maximum atomic E-state index is 12.7. The summed E-state index contributed by atoms with van der Waals surface area (Å²) >= 11 is 7.61. The topological polar surface area (TPSA) is 29.5 Å². The molecular weight excluding hydrogens is 318 g/mol. The van der Waals surface area contributed by atoms with Gasteiger partial charge < -0.3 is 9.64 Å². The number of hydrogen-bond donors (Lipinski definition) is 0. The number of nitrogens with zero attached hydrogens (tertiary/aromatic N) is 1. The number of amides is 1. The minimum Gasteiger partial charge on any atom is -0.481 e. The fraction of sp³-hybridized carbons (Fsp3) is 0.353. The Balaban J connectivity index is 1.67. The Morgan fingerprint density at radius 1 is 1.45 bits per heavy atom. The van der Waals surface area contributed by atoms with Crippen molar-refractivity contribution < 1.29 is 9.53 Å². The van der Waals surface area contributed by atoms with Crippen LogP contribution in [-0.4, -0.2) is 23.0 Å². The highest BCUT2D eigenvalue weighted by molar-refractivity contribution is 7.07. The van der Waals surface area contributed by atoms with Gasteiger partial charge in [0, 0.05) is 17.6 Å². The lowest BCUT2D eigenvalue weighted by molar-refractivity contribution is -0.139. The van der Waals surface area contributed by atoms with Gasteiger partial charge in [-0.3, -0.25) is 4.79 Å². The molecular formula is C17H18ClNO2S. The van der Waals surface area contributed by atoms with Crippen molar-refractivity contribution in [1.29, 1.82) is 0 Å². The summed E-state index contributed by atoms with van der Waals surface area (Å²) in [5, 5.41) is 4.73. The van der Waals surface area contributed by atoms with Crippen molar-refractivity contribution in [3.8, 4) is 5.75 Å². The van der Waals surface area contributed by atoms with Gasteiger partial charge in [0.25, 0.3) is 5.91 Å². The van der Waals surface area contributed by atoms with Crippen LogP contribution in [0.25, 0.3) is 0 Å². The van der Waals surface area contributed by atoms with Crippen LogP contribution in [0, 0.1) is 0 Å². The first-order valence-corrected chi connectivity index (χ1v) is 8.69. The molecule has 1 fully saturated rings. The summed E-state index contributed by atoms with van der Waals surface area (Å²) in [6.07, 6.45) is 1.65. The lowest BCUT2D eigenvalue weighted by Crippen LogP contribution is -2.41. The molecule has 116 valence electrons. The van der Waals surface area contributed by atoms with Crippen LogP contribution in [0.3, 0.4) is 0 Å². The minimum atomic E-state index is -0.516. The molecule has 0 aliphatic heterocycles. The summed E-state index contributed by atoms with van der Waals surface area (Å²) in [6, 6.07) is 9.57. The molecule has 1 amide bonds. The molecule has 5 heteroatoms. The van der Waals surface area contributed by atoms with Gasteiger partial charge >= 0.3 is 0 Å². The predicted octanol–water partition coefficient (Wildman–Crippen LogP) is 4.36. The third-order valence-electron chi connectivity index (χ3n) is 3.66. The van der Waals surface area contributed by atoms with Crippen molar-refractivity contribution in [2.24, 2.45) is 0 Å². The number of carbonyl (C=O) groups is 1. The zero-order chi connectivity index (χ0) is 15.5. The van der Waals surface area contributed by atoms with E-state index < -0.39 is 6.10 Å². The van der Waals surface area contributed by atoms with E-state index >= 15 is 0 Å². The highest BCUT2D eigenvalue weighted by Gasteiger charge is 2.35. The van der Waals surface area contributed by atoms with Crippen LogP contribution < -0.4 is 4.74 Å². The van der Waals surface area contributed by atoms with Gasteiger partial charge in [0.1, 0.15) is 5.75 Å². The van der Waals surface area contributed by atoms with E-state index in [9.17, 15) is 4.79 Å². The Bertz CT molecular complexity index is 640. The van der Waals surface area contributed by atoms with E-state index in [-0.39, 0.29) is 5.91 Å². The van der Waals surface area contributed by atoms with Crippen LogP contribution in [0.1, 0.15) is 25.3 Å². The number of benzene rings is 1. The van der Waals surface area contributed by atoms with Gasteiger partial charge in [-0.2, -0.15) is 11.3 Å². The van der Waals surface area contributed by atoms with Crippen molar-refractivity contribution in [2.45, 2.75) is 38.5 Å². The van der Waals surface area contributed by atoms with E-state index in [1.807, 2.05) is 22.4 Å². The van der Waals surface area contributed by atoms with E-state index in [4.69, 9.17) is 16.3 Å². The molecule has 1 aliphatic rings. The van der Waals surface area contributed by atoms with Crippen molar-refractivity contribution in [3.63, 3.8) is 0 Å². The Kier molecular flexibility index (Phi) is 4.69. The highest BCUT2D eigenvalue weighted by Crippen LogP contribution is 2.30. The first-order chi connectivity index (χ1) is 10.6. The Morgan fingerprint density at radius 2 is 2.27 bits per heavy atom. The van der Waals surface area contributed by atoms with E-state index in [0.29, 0.717) is 23.4 Å². The van der Waals surface area contributed by atoms with Gasteiger partial charge in [-0.05, 0) is 60.4 Å². The number of thiophene rings is 1. The van der Waals surface area contributed by atoms with Crippen LogP contribution >= 0.6 is 22.9 Å². The van der Waals surface area contributed by atoms with E-state index in [0.717, 1.165) is 12.8 Å². The Hall–Kier alpha value is -1.52. The van der Waals surface area contributed by atoms with Crippen molar-refractivity contribution >= 4 is 28.8 Å². The van der Waals surface area contributed by atoms with Gasteiger partial charge in [-0.1, -0.05) is 17.7 Å². The molecule has 22 heavy (non-hydrogen) atoms. The van der Waals surface area contributed by atoms with Crippen LogP contribution in [-0.2, 0) is 11.3 Å². The Morgan fingerprint density at radius 3 is 2.91 bits per heavy atom. The van der Waals surface area contributed by atoms with Gasteiger partial charge in [0.2, 0.25) is 0 Å². The molecule has 0 bridgehead atoms. The smallest absolute Gasteiger partial charge is 0.263 e. The Labute approximate surface area is 139 Å². The lowest BCUT2D eigenvalue weighted by atomic mass is 10.2. The molecule has 1 aromatic heterocycles. The zero-order valence-electron chi connectivity index (χ0n) is 12.4. The quantitative estimate of drug-likeness (QED) is 0.785. The normalized spacial score (nSPS) is 15.4. The number of carbonyl (C=O) groups excluding carboxylic acids is 1. The molecule has 2 aromatic rings. The maximum Gasteiger partial charge on any atom is 0.263 e. The largest absolute Gasteiger partial charge is 0.481 e. The summed E-state index contributed by atoms with van der Waals surface area (Å²) in [5.41, 5.74) is 1.18. The van der Waals surface area contributed by atoms with Gasteiger partial charge in [0.15, 0.2) is 6.10 Å². The van der Waals surface area contributed by atoms with Crippen molar-refractivity contribution in [2.75, 3.05) is 0 Å². The molecule has 1 atom stereocenters. The molecule has 1 heterocycles. The molecule has 1 aliphatic carbocycles. The number of hydrogen-bond acceptors (Lipinski definition) is 3. The van der Waals surface area contributed by atoms with E-state index in [1.165, 1.54) is 5.56 Å². The maximum absolute atomic E-state index is 12.7. The fourth-order valence-corrected chi connectivity index (χ4v) is 3.22. The van der Waals surface area contributed by atoms with Gasteiger partial charge in [-0.15, -0.1) is 0 Å². The second kappa shape index (κ2) is 6.71. The van der Waals surface area contributed by atoms with Crippen LogP contribution in [0.5, 0.6) is 5.75 Å². The monoisotopic (exact) mass is 335 g/mol. The second-order valence-electron chi connectivity index (χ2n) is 5.55. The third kappa shape index (κ3) is 3.81. The average molecular weight is 336 g/mol. The lowest BCUT2D eigenvalue weighted by Gasteiger charge is -2.26. The molecule has 0 spiro atoms. The minimum absolute atomic E-state index is 0.0358. The average Bonchev–Trinajstić information content (AvgIpc) is 3.20. The highest BCUT2D eigenvalue weighted by atomic mass is 35.5. The molecule has 0 N–H and O–H groups in total. The second-order valence-corrected chi connectivity index (χ2v) is 6.76. The summed E-state index contributed by atoms with van der Waals surface area (Å²) in [7, 11) is 0. The fourth-order valence-electron chi connectivity index (χ4n) is 2.38. The molecule has 3 rings (SSSR count). The summed E-state index contributed by atoms with van der Waals surface area (Å²) in [4.78, 5) is 14.7. The van der Waals surface area contributed by atoms with Gasteiger partial charge in [0.05, 0.1) is 0 Å². The summed E-state index contributed by atoms with van der Waals surface area (Å²) in [6.45, 7) is 2.46. The predicted molar refractivity (Wildman–Crippen MR) is 89.4 cm³/mol. The number of rotatable bonds is 6. The molecule has 1 saturated carbocycles. The van der Waals surface area contributed by atoms with Crippen LogP contribution in [0.4, 0.5) is 0 Å². The molecule has 3 nitrogen and oxygen atoms in total. The van der Waals surface area contributed by atoms with Gasteiger partial charge in [-0.25, -0.2) is 0 Å². The summed E-state index contributed by atoms with van der Waals surface area (Å²) in [5.74, 6) is 0.660. The molecule has 0 saturated heterocycles. The zero-order valence-corrected chi connectivity index (χ0v) is 13.9. The van der Waals surface area contributed by atoms with E-state index in [2.05, 4.69) is 11.4 Å². The van der Waals surface area contributed by atoms with Crippen LogP contribution in [0.15, 0.2) is 41.1 Å². The number of halogens is 1. The van der Waals surface area contributed by atoms with Crippen molar-refractivity contribution in [3.05, 3.63) is 51.7 Å². The van der Waals surface area contributed by atoms with Crippen molar-refractivity contribution in [1.82, 2.24) is 4.90 Å². The summed E-state index contributed by atoms with van der Waals surface area (Å²) < 4.78 is 5.76. The molecule has 1 aromatic carbocycles. The van der Waals surface area contributed by atoms with E-state index in [1.54, 1.807) is 30.4 Å². The molecule has 0 unspecified atom stereocenters. The first kappa shape index (κ1) is 15.4. The van der Waals surface area contributed by atoms with Crippen LogP contribution in [0.2, 0.25) is 5.02 Å². The first-order valence-electron chi connectivity index (χ1n) is 7.37. The standard InChI is InChI=1S/C17H18ClNO2S/c1-12(21-16-4-2-3-14(18)9-16)17(20)19(15-5-6-15)10-13-7-8-22-11-13/h2-4,7-9,11-12,15H,5-6,10H2,1H3/t12-/m1/s1. The number of ether oxygens (including phenoxy) is 1. The molecule has 0 radical (unpaired) electrons. The SMILES string of the molecule is C[C@@H](Oc1cccc(Cl)c1)C(=O)N(Cc1ccsc1)C1CC1.